The first-order valence-corrected chi connectivity index (χ1v) is 10.9. The molecule has 2 saturated heterocycles. The molecule has 1 aromatic heterocycles. The molecule has 0 atom stereocenters. The number of sulfone groups is 1. The highest BCUT2D eigenvalue weighted by atomic mass is 32.2. The Balaban J connectivity index is 1.50. The molecule has 7 nitrogen and oxygen atoms in total. The molecule has 2 aromatic rings. The third kappa shape index (κ3) is 3.11. The molecule has 0 saturated carbocycles. The van der Waals surface area contributed by atoms with Crippen molar-refractivity contribution >= 4 is 42.4 Å². The lowest BCUT2D eigenvalue weighted by atomic mass is 9.99. The van der Waals surface area contributed by atoms with Gasteiger partial charge in [-0.2, -0.15) is 0 Å². The van der Waals surface area contributed by atoms with Gasteiger partial charge in [0, 0.05) is 32.4 Å². The summed E-state index contributed by atoms with van der Waals surface area (Å²) in [7, 11) is -3.32. The number of para-hydroxylation sites is 1. The number of thiazole rings is 1. The summed E-state index contributed by atoms with van der Waals surface area (Å²) in [5, 5.41) is 0.775. The van der Waals surface area contributed by atoms with Crippen LogP contribution in [0.15, 0.2) is 23.1 Å². The average molecular weight is 381 g/mol. The lowest BCUT2D eigenvalue weighted by molar-refractivity contribution is -0.140. The van der Waals surface area contributed by atoms with Gasteiger partial charge in [0.2, 0.25) is 5.91 Å². The Bertz CT molecular complexity index is 913. The van der Waals surface area contributed by atoms with E-state index in [1.165, 1.54) is 17.6 Å². The molecule has 0 unspecified atom stereocenters. The first kappa shape index (κ1) is 16.7. The fourth-order valence-electron chi connectivity index (χ4n) is 3.18. The van der Waals surface area contributed by atoms with Gasteiger partial charge in [-0.15, -0.1) is 0 Å². The van der Waals surface area contributed by atoms with E-state index in [2.05, 4.69) is 4.98 Å². The topological polar surface area (TPSA) is 79.8 Å². The summed E-state index contributed by atoms with van der Waals surface area (Å²) in [5.41, 5.74) is 0.521. The SMILES string of the molecule is CS(=O)(=O)c1cccc2sc(N3CC(C(=O)N4CCOCC4)C3)nc12. The fourth-order valence-corrected chi connectivity index (χ4v) is 5.09. The van der Waals surface area contributed by atoms with Gasteiger partial charge < -0.3 is 14.5 Å². The van der Waals surface area contributed by atoms with Crippen molar-refractivity contribution in [3.63, 3.8) is 0 Å². The Hall–Kier alpha value is -1.71. The highest BCUT2D eigenvalue weighted by molar-refractivity contribution is 7.91. The Morgan fingerprint density at radius 1 is 1.28 bits per heavy atom. The molecule has 0 radical (unpaired) electrons. The summed E-state index contributed by atoms with van der Waals surface area (Å²) in [6, 6.07) is 5.20. The van der Waals surface area contributed by atoms with Crippen molar-refractivity contribution in [1.29, 1.82) is 0 Å². The second-order valence-electron chi connectivity index (χ2n) is 6.41. The van der Waals surface area contributed by atoms with Crippen molar-refractivity contribution in [2.24, 2.45) is 5.92 Å². The number of amides is 1. The molecule has 0 bridgehead atoms. The van der Waals surface area contributed by atoms with E-state index < -0.39 is 9.84 Å². The van der Waals surface area contributed by atoms with Crippen LogP contribution in [-0.4, -0.2) is 69.9 Å². The summed E-state index contributed by atoms with van der Waals surface area (Å²) in [6.45, 7) is 3.79. The van der Waals surface area contributed by atoms with Gasteiger partial charge in [0.1, 0.15) is 5.52 Å². The Kier molecular flexibility index (Phi) is 4.17. The van der Waals surface area contributed by atoms with Crippen LogP contribution in [0.2, 0.25) is 0 Å². The predicted octanol–water partition coefficient (Wildman–Crippen LogP) is 0.995. The molecule has 1 amide bonds. The molecule has 3 heterocycles. The first-order chi connectivity index (χ1) is 11.9. The second kappa shape index (κ2) is 6.22. The number of morpholine rings is 1. The van der Waals surface area contributed by atoms with Crippen LogP contribution in [0.3, 0.4) is 0 Å². The monoisotopic (exact) mass is 381 g/mol. The molecule has 2 aliphatic rings. The third-order valence-corrected chi connectivity index (χ3v) is 6.80. The molecule has 25 heavy (non-hydrogen) atoms. The number of anilines is 1. The van der Waals surface area contributed by atoms with Crippen molar-refractivity contribution in [2.45, 2.75) is 4.90 Å². The van der Waals surface area contributed by atoms with E-state index in [1.54, 1.807) is 12.1 Å². The number of carbonyl (C=O) groups excluding carboxylic acids is 1. The maximum Gasteiger partial charge on any atom is 0.229 e. The number of ether oxygens (including phenoxy) is 1. The minimum absolute atomic E-state index is 0.0144. The maximum atomic E-state index is 12.5. The number of hydrogen-bond donors (Lipinski definition) is 0. The zero-order valence-electron chi connectivity index (χ0n) is 13.8. The smallest absolute Gasteiger partial charge is 0.229 e. The van der Waals surface area contributed by atoms with Crippen molar-refractivity contribution in [3.05, 3.63) is 18.2 Å². The number of rotatable bonds is 3. The summed E-state index contributed by atoms with van der Waals surface area (Å²) < 4.78 is 30.0. The van der Waals surface area contributed by atoms with Crippen molar-refractivity contribution in [3.8, 4) is 0 Å². The molecule has 0 N–H and O–H groups in total. The minimum Gasteiger partial charge on any atom is -0.378 e. The van der Waals surface area contributed by atoms with Gasteiger partial charge in [-0.1, -0.05) is 17.4 Å². The Morgan fingerprint density at radius 3 is 2.68 bits per heavy atom. The molecule has 0 aliphatic carbocycles. The molecule has 4 rings (SSSR count). The van der Waals surface area contributed by atoms with Gasteiger partial charge in [0.15, 0.2) is 15.0 Å². The van der Waals surface area contributed by atoms with Crippen LogP contribution in [0.25, 0.3) is 10.2 Å². The van der Waals surface area contributed by atoms with Crippen molar-refractivity contribution < 1.29 is 17.9 Å². The molecule has 2 fully saturated rings. The second-order valence-corrected chi connectivity index (χ2v) is 9.40. The first-order valence-electron chi connectivity index (χ1n) is 8.14. The van der Waals surface area contributed by atoms with Gasteiger partial charge in [-0.05, 0) is 12.1 Å². The largest absolute Gasteiger partial charge is 0.378 e. The Morgan fingerprint density at radius 2 is 2.00 bits per heavy atom. The molecule has 0 spiro atoms. The minimum atomic E-state index is -3.32. The normalized spacial score (nSPS) is 19.2. The molecular formula is C16H19N3O4S2. The summed E-state index contributed by atoms with van der Waals surface area (Å²) in [5.74, 6) is 0.164. The van der Waals surface area contributed by atoms with Gasteiger partial charge in [0.05, 0.1) is 28.7 Å². The quantitative estimate of drug-likeness (QED) is 0.789. The standard InChI is InChI=1S/C16H19N3O4S2/c1-25(21,22)13-4-2-3-12-14(13)17-16(24-12)19-9-11(10-19)15(20)18-5-7-23-8-6-18/h2-4,11H,5-10H2,1H3. The van der Waals surface area contributed by atoms with E-state index in [1.807, 2.05) is 15.9 Å². The number of nitrogens with zero attached hydrogens (tertiary/aromatic N) is 3. The van der Waals surface area contributed by atoms with Crippen LogP contribution in [-0.2, 0) is 19.4 Å². The Labute approximate surface area is 150 Å². The fraction of sp³-hybridized carbons (Fsp3) is 0.500. The van der Waals surface area contributed by atoms with E-state index in [0.29, 0.717) is 44.9 Å². The molecular weight excluding hydrogens is 362 g/mol. The highest BCUT2D eigenvalue weighted by Crippen LogP contribution is 2.35. The van der Waals surface area contributed by atoms with Crippen LogP contribution < -0.4 is 4.90 Å². The van der Waals surface area contributed by atoms with E-state index >= 15 is 0 Å². The van der Waals surface area contributed by atoms with E-state index in [4.69, 9.17) is 4.74 Å². The zero-order chi connectivity index (χ0) is 17.6. The lowest BCUT2D eigenvalue weighted by Gasteiger charge is -2.41. The van der Waals surface area contributed by atoms with E-state index in [0.717, 1.165) is 9.83 Å². The molecule has 9 heteroatoms. The number of aromatic nitrogens is 1. The van der Waals surface area contributed by atoms with Crippen LogP contribution in [0.5, 0.6) is 0 Å². The number of hydrogen-bond acceptors (Lipinski definition) is 7. The van der Waals surface area contributed by atoms with Gasteiger partial charge in [-0.3, -0.25) is 4.79 Å². The summed E-state index contributed by atoms with van der Waals surface area (Å²) >= 11 is 1.47. The van der Waals surface area contributed by atoms with Crippen LogP contribution in [0.1, 0.15) is 0 Å². The van der Waals surface area contributed by atoms with Gasteiger partial charge in [-0.25, -0.2) is 13.4 Å². The zero-order valence-corrected chi connectivity index (χ0v) is 15.5. The van der Waals surface area contributed by atoms with Crippen molar-refractivity contribution in [1.82, 2.24) is 9.88 Å². The average Bonchev–Trinajstić information content (AvgIpc) is 2.96. The van der Waals surface area contributed by atoms with Crippen LogP contribution in [0.4, 0.5) is 5.13 Å². The number of fused-ring (bicyclic) bond motifs is 1. The van der Waals surface area contributed by atoms with Crippen LogP contribution in [0, 0.1) is 5.92 Å². The molecule has 134 valence electrons. The van der Waals surface area contributed by atoms with E-state index in [9.17, 15) is 13.2 Å². The van der Waals surface area contributed by atoms with Crippen molar-refractivity contribution in [2.75, 3.05) is 50.5 Å². The van der Waals surface area contributed by atoms with Gasteiger partial charge in [0.25, 0.3) is 0 Å². The third-order valence-electron chi connectivity index (χ3n) is 4.59. The molecule has 1 aromatic carbocycles. The maximum absolute atomic E-state index is 12.5. The highest BCUT2D eigenvalue weighted by Gasteiger charge is 2.37. The van der Waals surface area contributed by atoms with Gasteiger partial charge >= 0.3 is 0 Å². The lowest BCUT2D eigenvalue weighted by Crippen LogP contribution is -2.56. The predicted molar refractivity (Wildman–Crippen MR) is 95.8 cm³/mol. The number of carbonyl (C=O) groups is 1. The summed E-state index contributed by atoms with van der Waals surface area (Å²) in [4.78, 5) is 21.2. The van der Waals surface area contributed by atoms with Crippen LogP contribution >= 0.6 is 11.3 Å². The van der Waals surface area contributed by atoms with E-state index in [-0.39, 0.29) is 16.7 Å². The molecule has 2 aliphatic heterocycles. The summed E-state index contributed by atoms with van der Waals surface area (Å²) in [6.07, 6.45) is 1.20. The number of benzene rings is 1.